The number of rotatable bonds is 2. The summed E-state index contributed by atoms with van der Waals surface area (Å²) in [7, 11) is 0. The lowest BCUT2D eigenvalue weighted by molar-refractivity contribution is -0.118. The van der Waals surface area contributed by atoms with Gasteiger partial charge < -0.3 is 10.6 Å². The maximum absolute atomic E-state index is 11.9. The van der Waals surface area contributed by atoms with E-state index in [2.05, 4.69) is 31.5 Å². The van der Waals surface area contributed by atoms with Crippen LogP contribution < -0.4 is 10.6 Å². The zero-order chi connectivity index (χ0) is 11.1. The predicted molar refractivity (Wildman–Crippen MR) is 71.3 cm³/mol. The van der Waals surface area contributed by atoms with Gasteiger partial charge >= 0.3 is 0 Å². The number of carbonyl (C=O) groups is 1. The summed E-state index contributed by atoms with van der Waals surface area (Å²) in [6, 6.07) is 6.03. The van der Waals surface area contributed by atoms with Gasteiger partial charge in [0.2, 0.25) is 5.91 Å². The summed E-state index contributed by atoms with van der Waals surface area (Å²) in [6.07, 6.45) is 2.20. The SMILES string of the molecule is Cl.O=C(Nc1cccc(Br)n1)[C@@H]1C[C@H]2C[C@H]2N1. The third-order valence-corrected chi connectivity index (χ3v) is 3.60. The van der Waals surface area contributed by atoms with Crippen molar-refractivity contribution in [3.05, 3.63) is 22.8 Å². The molecule has 1 saturated carbocycles. The van der Waals surface area contributed by atoms with Crippen molar-refractivity contribution in [3.8, 4) is 0 Å². The Kier molecular flexibility index (Phi) is 3.70. The Balaban J connectivity index is 0.00000108. The van der Waals surface area contributed by atoms with Gasteiger partial charge in [-0.05, 0) is 46.8 Å². The van der Waals surface area contributed by atoms with Crippen molar-refractivity contribution < 1.29 is 4.79 Å². The quantitative estimate of drug-likeness (QED) is 0.820. The second kappa shape index (κ2) is 4.92. The molecule has 1 aliphatic heterocycles. The Morgan fingerprint density at radius 2 is 2.29 bits per heavy atom. The van der Waals surface area contributed by atoms with Gasteiger partial charge in [-0.2, -0.15) is 0 Å². The van der Waals surface area contributed by atoms with Crippen LogP contribution in [0.2, 0.25) is 0 Å². The van der Waals surface area contributed by atoms with Gasteiger partial charge in [-0.3, -0.25) is 4.79 Å². The largest absolute Gasteiger partial charge is 0.309 e. The van der Waals surface area contributed by atoms with Crippen LogP contribution in [0, 0.1) is 5.92 Å². The highest BCUT2D eigenvalue weighted by atomic mass is 79.9. The molecule has 6 heteroatoms. The minimum absolute atomic E-state index is 0. The molecule has 2 N–H and O–H groups in total. The predicted octanol–water partition coefficient (Wildman–Crippen LogP) is 1.95. The maximum Gasteiger partial charge on any atom is 0.242 e. The van der Waals surface area contributed by atoms with Gasteiger partial charge in [0.25, 0.3) is 0 Å². The molecule has 1 saturated heterocycles. The standard InChI is InChI=1S/C11H12BrN3O.ClH/c12-9-2-1-3-10(14-9)15-11(16)8-5-6-4-7(6)13-8;/h1-3,6-8,13H,4-5H2,(H,14,15,16);1H/t6-,7-,8+;/m1./s1. The van der Waals surface area contributed by atoms with Crippen LogP contribution in [0.4, 0.5) is 5.82 Å². The number of hydrogen-bond donors (Lipinski definition) is 2. The Bertz CT molecular complexity index is 432. The first-order chi connectivity index (χ1) is 7.72. The van der Waals surface area contributed by atoms with E-state index in [9.17, 15) is 4.79 Å². The van der Waals surface area contributed by atoms with E-state index in [-0.39, 0.29) is 24.4 Å². The van der Waals surface area contributed by atoms with Crippen molar-refractivity contribution >= 4 is 40.1 Å². The second-order valence-electron chi connectivity index (χ2n) is 4.39. The molecule has 1 amide bonds. The summed E-state index contributed by atoms with van der Waals surface area (Å²) in [5.41, 5.74) is 0. The zero-order valence-corrected chi connectivity index (χ0v) is 11.4. The molecular formula is C11H13BrClN3O. The molecule has 2 aliphatic rings. The van der Waals surface area contributed by atoms with Crippen molar-refractivity contribution in [3.63, 3.8) is 0 Å². The third-order valence-electron chi connectivity index (χ3n) is 3.16. The summed E-state index contributed by atoms with van der Waals surface area (Å²) in [6.45, 7) is 0. The van der Waals surface area contributed by atoms with E-state index < -0.39 is 0 Å². The molecule has 2 heterocycles. The van der Waals surface area contributed by atoms with Crippen molar-refractivity contribution in [2.75, 3.05) is 5.32 Å². The number of hydrogen-bond acceptors (Lipinski definition) is 3. The lowest BCUT2D eigenvalue weighted by Crippen LogP contribution is -2.38. The molecule has 3 atom stereocenters. The molecule has 1 aromatic rings. The number of anilines is 1. The Hall–Kier alpha value is -0.650. The molecule has 0 radical (unpaired) electrons. The number of aromatic nitrogens is 1. The van der Waals surface area contributed by atoms with Crippen LogP contribution in [0.25, 0.3) is 0 Å². The summed E-state index contributed by atoms with van der Waals surface area (Å²) in [5, 5.41) is 6.13. The number of halogens is 2. The van der Waals surface area contributed by atoms with Crippen molar-refractivity contribution in [1.82, 2.24) is 10.3 Å². The molecule has 0 bridgehead atoms. The number of fused-ring (bicyclic) bond motifs is 1. The fourth-order valence-electron chi connectivity index (χ4n) is 2.22. The van der Waals surface area contributed by atoms with Gasteiger partial charge in [0.05, 0.1) is 6.04 Å². The van der Waals surface area contributed by atoms with E-state index in [0.717, 1.165) is 16.9 Å². The van der Waals surface area contributed by atoms with Crippen LogP contribution in [-0.4, -0.2) is 23.0 Å². The first-order valence-corrected chi connectivity index (χ1v) is 6.21. The van der Waals surface area contributed by atoms with Crippen LogP contribution in [-0.2, 0) is 4.79 Å². The topological polar surface area (TPSA) is 54.0 Å². The fourth-order valence-corrected chi connectivity index (χ4v) is 2.56. The highest BCUT2D eigenvalue weighted by molar-refractivity contribution is 9.10. The second-order valence-corrected chi connectivity index (χ2v) is 5.20. The lowest BCUT2D eigenvalue weighted by Gasteiger charge is -2.12. The fraction of sp³-hybridized carbons (Fsp3) is 0.455. The molecule has 4 nitrogen and oxygen atoms in total. The van der Waals surface area contributed by atoms with E-state index in [1.807, 2.05) is 12.1 Å². The molecule has 0 spiro atoms. The molecule has 1 aromatic heterocycles. The van der Waals surface area contributed by atoms with E-state index in [0.29, 0.717) is 11.9 Å². The molecule has 0 unspecified atom stereocenters. The monoisotopic (exact) mass is 317 g/mol. The van der Waals surface area contributed by atoms with Gasteiger partial charge in [0.1, 0.15) is 10.4 Å². The van der Waals surface area contributed by atoms with E-state index in [4.69, 9.17) is 0 Å². The van der Waals surface area contributed by atoms with E-state index in [1.165, 1.54) is 6.42 Å². The highest BCUT2D eigenvalue weighted by Gasteiger charge is 2.47. The molecular weight excluding hydrogens is 305 g/mol. The van der Waals surface area contributed by atoms with Crippen LogP contribution >= 0.6 is 28.3 Å². The molecule has 0 aromatic carbocycles. The number of amides is 1. The molecule has 1 aliphatic carbocycles. The van der Waals surface area contributed by atoms with Gasteiger partial charge in [0, 0.05) is 6.04 Å². The minimum Gasteiger partial charge on any atom is -0.309 e. The van der Waals surface area contributed by atoms with Gasteiger partial charge in [-0.25, -0.2) is 4.98 Å². The smallest absolute Gasteiger partial charge is 0.242 e. The number of carbonyl (C=O) groups excluding carboxylic acids is 1. The van der Waals surface area contributed by atoms with Crippen LogP contribution in [0.1, 0.15) is 12.8 Å². The maximum atomic E-state index is 11.9. The normalized spacial score (nSPS) is 29.1. The van der Waals surface area contributed by atoms with Crippen molar-refractivity contribution in [2.45, 2.75) is 24.9 Å². The zero-order valence-electron chi connectivity index (χ0n) is 9.02. The van der Waals surface area contributed by atoms with Crippen LogP contribution in [0.5, 0.6) is 0 Å². The summed E-state index contributed by atoms with van der Waals surface area (Å²) < 4.78 is 0.729. The number of nitrogens with zero attached hydrogens (tertiary/aromatic N) is 1. The van der Waals surface area contributed by atoms with Crippen LogP contribution in [0.3, 0.4) is 0 Å². The van der Waals surface area contributed by atoms with Gasteiger partial charge in [0.15, 0.2) is 0 Å². The lowest BCUT2D eigenvalue weighted by atomic mass is 10.2. The average molecular weight is 319 g/mol. The van der Waals surface area contributed by atoms with Gasteiger partial charge in [-0.1, -0.05) is 6.07 Å². The first-order valence-electron chi connectivity index (χ1n) is 5.42. The summed E-state index contributed by atoms with van der Waals surface area (Å²) >= 11 is 3.27. The molecule has 2 fully saturated rings. The average Bonchev–Trinajstić information content (AvgIpc) is 2.86. The minimum atomic E-state index is -0.0375. The summed E-state index contributed by atoms with van der Waals surface area (Å²) in [4.78, 5) is 16.0. The number of pyridine rings is 1. The molecule has 3 rings (SSSR count). The Labute approximate surface area is 114 Å². The molecule has 92 valence electrons. The highest BCUT2D eigenvalue weighted by Crippen LogP contribution is 2.40. The van der Waals surface area contributed by atoms with Crippen LogP contribution in [0.15, 0.2) is 22.8 Å². The van der Waals surface area contributed by atoms with E-state index in [1.54, 1.807) is 6.07 Å². The molecule has 17 heavy (non-hydrogen) atoms. The summed E-state index contributed by atoms with van der Waals surface area (Å²) in [5.74, 6) is 1.35. The number of nitrogens with one attached hydrogen (secondary N) is 2. The Morgan fingerprint density at radius 3 is 2.94 bits per heavy atom. The van der Waals surface area contributed by atoms with Crippen molar-refractivity contribution in [2.24, 2.45) is 5.92 Å². The van der Waals surface area contributed by atoms with Crippen molar-refractivity contribution in [1.29, 1.82) is 0 Å². The third kappa shape index (κ3) is 2.78. The Morgan fingerprint density at radius 1 is 1.47 bits per heavy atom. The first kappa shape index (κ1) is 12.8. The van der Waals surface area contributed by atoms with E-state index >= 15 is 0 Å². The number of piperidine rings is 1. The van der Waals surface area contributed by atoms with Gasteiger partial charge in [-0.15, -0.1) is 12.4 Å².